The monoisotopic (exact) mass is 314 g/mol. The number of hydrogen-bond acceptors (Lipinski definition) is 5. The van der Waals surface area contributed by atoms with Crippen LogP contribution in [0.25, 0.3) is 0 Å². The van der Waals surface area contributed by atoms with Crippen LogP contribution in [-0.4, -0.2) is 40.6 Å². The fourth-order valence-electron chi connectivity index (χ4n) is 1.85. The number of methoxy groups -OCH3 is 1. The topological polar surface area (TPSA) is 84.5 Å². The van der Waals surface area contributed by atoms with E-state index >= 15 is 0 Å². The molecule has 21 heavy (non-hydrogen) atoms. The average molecular weight is 314 g/mol. The molecule has 0 unspecified atom stereocenters. The number of ether oxygens (including phenoxy) is 1. The highest BCUT2D eigenvalue weighted by Crippen LogP contribution is 2.09. The Morgan fingerprint density at radius 1 is 1.38 bits per heavy atom. The SMILES string of the molecule is CCN[C@H](C)CNS(=O)(=O)Cc1cccc(C(=O)OC)c1. The Morgan fingerprint density at radius 3 is 2.71 bits per heavy atom. The van der Waals surface area contributed by atoms with Gasteiger partial charge in [0.15, 0.2) is 0 Å². The lowest BCUT2D eigenvalue weighted by molar-refractivity contribution is 0.0600. The minimum atomic E-state index is -3.44. The summed E-state index contributed by atoms with van der Waals surface area (Å²) in [4.78, 5) is 11.4. The minimum Gasteiger partial charge on any atom is -0.465 e. The molecule has 0 saturated heterocycles. The van der Waals surface area contributed by atoms with E-state index in [-0.39, 0.29) is 11.8 Å². The number of benzene rings is 1. The molecule has 118 valence electrons. The van der Waals surface area contributed by atoms with Gasteiger partial charge < -0.3 is 10.1 Å². The number of likely N-dealkylation sites (N-methyl/N-ethyl adjacent to an activating group) is 1. The van der Waals surface area contributed by atoms with Gasteiger partial charge in [0, 0.05) is 12.6 Å². The van der Waals surface area contributed by atoms with Gasteiger partial charge >= 0.3 is 5.97 Å². The van der Waals surface area contributed by atoms with Gasteiger partial charge in [-0.15, -0.1) is 0 Å². The van der Waals surface area contributed by atoms with Crippen molar-refractivity contribution in [1.82, 2.24) is 10.0 Å². The third-order valence-electron chi connectivity index (χ3n) is 2.87. The Balaban J connectivity index is 2.69. The molecule has 0 radical (unpaired) electrons. The van der Waals surface area contributed by atoms with Crippen molar-refractivity contribution in [2.24, 2.45) is 0 Å². The summed E-state index contributed by atoms with van der Waals surface area (Å²) in [5, 5.41) is 3.13. The van der Waals surface area contributed by atoms with E-state index < -0.39 is 16.0 Å². The maximum absolute atomic E-state index is 12.0. The van der Waals surface area contributed by atoms with Crippen molar-refractivity contribution in [2.75, 3.05) is 20.2 Å². The Bertz CT molecular complexity index is 572. The van der Waals surface area contributed by atoms with Crippen LogP contribution in [0.5, 0.6) is 0 Å². The van der Waals surface area contributed by atoms with Gasteiger partial charge in [-0.3, -0.25) is 0 Å². The Morgan fingerprint density at radius 2 is 2.10 bits per heavy atom. The molecule has 0 fully saturated rings. The number of carbonyl (C=O) groups is 1. The van der Waals surface area contributed by atoms with Crippen LogP contribution in [0.2, 0.25) is 0 Å². The maximum Gasteiger partial charge on any atom is 0.337 e. The number of nitrogens with one attached hydrogen (secondary N) is 2. The molecule has 1 atom stereocenters. The smallest absolute Gasteiger partial charge is 0.337 e. The minimum absolute atomic E-state index is 0.0613. The van der Waals surface area contributed by atoms with Crippen LogP contribution in [0, 0.1) is 0 Å². The van der Waals surface area contributed by atoms with Crippen molar-refractivity contribution in [3.63, 3.8) is 0 Å². The number of hydrogen-bond donors (Lipinski definition) is 2. The van der Waals surface area contributed by atoms with Gasteiger partial charge in [0.2, 0.25) is 10.0 Å². The third kappa shape index (κ3) is 6.24. The van der Waals surface area contributed by atoms with Gasteiger partial charge in [0.25, 0.3) is 0 Å². The number of carbonyl (C=O) groups excluding carboxylic acids is 1. The van der Waals surface area contributed by atoms with Crippen molar-refractivity contribution < 1.29 is 17.9 Å². The van der Waals surface area contributed by atoms with Crippen molar-refractivity contribution in [2.45, 2.75) is 25.6 Å². The molecule has 1 rings (SSSR count). The summed E-state index contributed by atoms with van der Waals surface area (Å²) in [6.07, 6.45) is 0. The van der Waals surface area contributed by atoms with Crippen LogP contribution < -0.4 is 10.0 Å². The van der Waals surface area contributed by atoms with E-state index in [9.17, 15) is 13.2 Å². The van der Waals surface area contributed by atoms with Crippen molar-refractivity contribution in [3.8, 4) is 0 Å². The van der Waals surface area contributed by atoms with Gasteiger partial charge in [-0.2, -0.15) is 0 Å². The second-order valence-corrected chi connectivity index (χ2v) is 6.57. The molecule has 6 nitrogen and oxygen atoms in total. The highest BCUT2D eigenvalue weighted by Gasteiger charge is 2.14. The molecule has 0 bridgehead atoms. The van der Waals surface area contributed by atoms with E-state index in [4.69, 9.17) is 0 Å². The third-order valence-corrected chi connectivity index (χ3v) is 4.19. The Kier molecular flexibility index (Phi) is 6.80. The lowest BCUT2D eigenvalue weighted by Crippen LogP contribution is -2.39. The van der Waals surface area contributed by atoms with Gasteiger partial charge in [-0.1, -0.05) is 19.1 Å². The zero-order chi connectivity index (χ0) is 15.9. The van der Waals surface area contributed by atoms with Crippen LogP contribution in [0.4, 0.5) is 0 Å². The van der Waals surface area contributed by atoms with E-state index in [1.165, 1.54) is 13.2 Å². The summed E-state index contributed by atoms with van der Waals surface area (Å²) in [5.41, 5.74) is 0.882. The zero-order valence-electron chi connectivity index (χ0n) is 12.5. The van der Waals surface area contributed by atoms with Crippen LogP contribution in [-0.2, 0) is 20.5 Å². The largest absolute Gasteiger partial charge is 0.465 e. The molecule has 0 aliphatic carbocycles. The standard InChI is InChI=1S/C14H22N2O4S/c1-4-15-11(2)9-16-21(18,19)10-12-6-5-7-13(8-12)14(17)20-3/h5-8,11,15-16H,4,9-10H2,1-3H3/t11-/m1/s1. The van der Waals surface area contributed by atoms with Gasteiger partial charge in [-0.05, 0) is 31.2 Å². The molecule has 1 aromatic rings. The quantitative estimate of drug-likeness (QED) is 0.696. The summed E-state index contributed by atoms with van der Waals surface area (Å²) in [5.74, 6) is -0.653. The summed E-state index contributed by atoms with van der Waals surface area (Å²) in [7, 11) is -2.15. The summed E-state index contributed by atoms with van der Waals surface area (Å²) >= 11 is 0. The van der Waals surface area contributed by atoms with E-state index in [1.807, 2.05) is 13.8 Å². The first-order chi connectivity index (χ1) is 9.88. The van der Waals surface area contributed by atoms with Crippen molar-refractivity contribution >= 4 is 16.0 Å². The molecule has 0 amide bonds. The van der Waals surface area contributed by atoms with Crippen molar-refractivity contribution in [3.05, 3.63) is 35.4 Å². The number of sulfonamides is 1. The maximum atomic E-state index is 12.0. The lowest BCUT2D eigenvalue weighted by Gasteiger charge is -2.13. The fourth-order valence-corrected chi connectivity index (χ4v) is 3.07. The molecule has 7 heteroatoms. The average Bonchev–Trinajstić information content (AvgIpc) is 2.44. The first-order valence-corrected chi connectivity index (χ1v) is 8.41. The first-order valence-electron chi connectivity index (χ1n) is 6.76. The second kappa shape index (κ2) is 8.11. The van der Waals surface area contributed by atoms with Crippen LogP contribution >= 0.6 is 0 Å². The highest BCUT2D eigenvalue weighted by atomic mass is 32.2. The van der Waals surface area contributed by atoms with E-state index in [1.54, 1.807) is 18.2 Å². The van der Waals surface area contributed by atoms with Crippen LogP contribution in [0.1, 0.15) is 29.8 Å². The summed E-state index contributed by atoms with van der Waals surface area (Å²) in [6, 6.07) is 6.48. The molecule has 1 aromatic carbocycles. The van der Waals surface area contributed by atoms with E-state index in [2.05, 4.69) is 14.8 Å². The second-order valence-electron chi connectivity index (χ2n) is 4.76. The molecule has 0 aliphatic rings. The fraction of sp³-hybridized carbons (Fsp3) is 0.500. The Labute approximate surface area is 125 Å². The van der Waals surface area contributed by atoms with Gasteiger partial charge in [-0.25, -0.2) is 17.9 Å². The first kappa shape index (κ1) is 17.6. The molecular formula is C14H22N2O4S. The number of esters is 1. The molecular weight excluding hydrogens is 292 g/mol. The normalized spacial score (nSPS) is 12.9. The van der Waals surface area contributed by atoms with Crippen LogP contribution in [0.3, 0.4) is 0 Å². The van der Waals surface area contributed by atoms with Gasteiger partial charge in [0.05, 0.1) is 18.4 Å². The van der Waals surface area contributed by atoms with Crippen LogP contribution in [0.15, 0.2) is 24.3 Å². The molecule has 0 heterocycles. The van der Waals surface area contributed by atoms with Crippen molar-refractivity contribution in [1.29, 1.82) is 0 Å². The Hall–Kier alpha value is -1.44. The zero-order valence-corrected chi connectivity index (χ0v) is 13.4. The molecule has 0 saturated carbocycles. The summed E-state index contributed by atoms with van der Waals surface area (Å²) in [6.45, 7) is 4.98. The lowest BCUT2D eigenvalue weighted by atomic mass is 10.1. The molecule has 0 aromatic heterocycles. The highest BCUT2D eigenvalue weighted by molar-refractivity contribution is 7.88. The molecule has 0 spiro atoms. The molecule has 0 aliphatic heterocycles. The van der Waals surface area contributed by atoms with Gasteiger partial charge in [0.1, 0.15) is 0 Å². The predicted molar refractivity (Wildman–Crippen MR) is 81.5 cm³/mol. The predicted octanol–water partition coefficient (Wildman–Crippen LogP) is 0.891. The molecule has 2 N–H and O–H groups in total. The number of rotatable bonds is 8. The van der Waals surface area contributed by atoms with E-state index in [0.29, 0.717) is 17.7 Å². The summed E-state index contributed by atoms with van der Waals surface area (Å²) < 4.78 is 31.2. The van der Waals surface area contributed by atoms with E-state index in [0.717, 1.165) is 6.54 Å².